The predicted molar refractivity (Wildman–Crippen MR) is 75.6 cm³/mol. The Morgan fingerprint density at radius 3 is 2.75 bits per heavy atom. The van der Waals surface area contributed by atoms with Gasteiger partial charge >= 0.3 is 0 Å². The largest absolute Gasteiger partial charge is 0.338 e. The van der Waals surface area contributed by atoms with Crippen LogP contribution in [0.25, 0.3) is 0 Å². The molecule has 1 aromatic carbocycles. The van der Waals surface area contributed by atoms with Gasteiger partial charge in [-0.2, -0.15) is 0 Å². The number of benzene rings is 1. The molecule has 0 saturated carbocycles. The van der Waals surface area contributed by atoms with Crippen LogP contribution in [0.5, 0.6) is 0 Å². The Morgan fingerprint density at radius 1 is 1.25 bits per heavy atom. The number of amides is 1. The average Bonchev–Trinajstić information content (AvgIpc) is 2.80. The van der Waals surface area contributed by atoms with Gasteiger partial charge < -0.3 is 9.80 Å². The van der Waals surface area contributed by atoms with Gasteiger partial charge in [-0.1, -0.05) is 18.2 Å². The van der Waals surface area contributed by atoms with Crippen LogP contribution < -0.4 is 0 Å². The van der Waals surface area contributed by atoms with Crippen LogP contribution >= 0.6 is 0 Å². The highest BCUT2D eigenvalue weighted by molar-refractivity contribution is 5.84. The normalized spacial score (nSPS) is 27.5. The summed E-state index contributed by atoms with van der Waals surface area (Å²) in [6, 6.07) is 6.74. The zero-order chi connectivity index (χ0) is 14.2. The molecule has 1 aromatic rings. The van der Waals surface area contributed by atoms with Crippen molar-refractivity contribution in [3.63, 3.8) is 0 Å². The number of carbonyl (C=O) groups is 1. The molecule has 1 atom stereocenters. The Kier molecular flexibility index (Phi) is 3.50. The molecule has 0 aromatic heterocycles. The van der Waals surface area contributed by atoms with Gasteiger partial charge in [0, 0.05) is 25.2 Å². The Labute approximate surface area is 119 Å². The van der Waals surface area contributed by atoms with E-state index in [0.717, 1.165) is 38.9 Å². The molecular formula is C16H21FN2O. The fourth-order valence-electron chi connectivity index (χ4n) is 3.59. The maximum absolute atomic E-state index is 13.8. The van der Waals surface area contributed by atoms with Crippen molar-refractivity contribution in [2.24, 2.45) is 5.41 Å². The van der Waals surface area contributed by atoms with E-state index in [1.54, 1.807) is 12.1 Å². The van der Waals surface area contributed by atoms with Crippen molar-refractivity contribution in [1.82, 2.24) is 9.80 Å². The van der Waals surface area contributed by atoms with Crippen molar-refractivity contribution in [3.8, 4) is 0 Å². The fourth-order valence-corrected chi connectivity index (χ4v) is 3.59. The number of carbonyl (C=O) groups excluding carboxylic acids is 1. The predicted octanol–water partition coefficient (Wildman–Crippen LogP) is 2.27. The van der Waals surface area contributed by atoms with Crippen molar-refractivity contribution in [2.75, 3.05) is 26.7 Å². The number of rotatable bonds is 2. The number of likely N-dealkylation sites (tertiary alicyclic amines) is 2. The first-order valence-corrected chi connectivity index (χ1v) is 7.32. The maximum Gasteiger partial charge on any atom is 0.230 e. The third-order valence-corrected chi connectivity index (χ3v) is 4.69. The minimum absolute atomic E-state index is 0.210. The first-order chi connectivity index (χ1) is 9.61. The van der Waals surface area contributed by atoms with Crippen molar-refractivity contribution in [1.29, 1.82) is 0 Å². The summed E-state index contributed by atoms with van der Waals surface area (Å²) in [6.45, 7) is 2.98. The summed E-state index contributed by atoms with van der Waals surface area (Å²) in [5.74, 6) is -0.000170. The molecule has 2 aliphatic rings. The van der Waals surface area contributed by atoms with Gasteiger partial charge in [0.2, 0.25) is 5.91 Å². The van der Waals surface area contributed by atoms with Crippen LogP contribution in [0.15, 0.2) is 24.3 Å². The molecular weight excluding hydrogens is 255 g/mol. The molecule has 2 saturated heterocycles. The van der Waals surface area contributed by atoms with Crippen molar-refractivity contribution in [3.05, 3.63) is 35.6 Å². The number of nitrogens with zero attached hydrogens (tertiary/aromatic N) is 2. The quantitative estimate of drug-likeness (QED) is 0.827. The molecule has 108 valence electrons. The molecule has 2 aliphatic heterocycles. The Morgan fingerprint density at radius 2 is 2.05 bits per heavy atom. The van der Waals surface area contributed by atoms with Crippen LogP contribution in [0.2, 0.25) is 0 Å². The lowest BCUT2D eigenvalue weighted by molar-refractivity contribution is -0.146. The van der Waals surface area contributed by atoms with Gasteiger partial charge in [0.25, 0.3) is 0 Å². The van der Waals surface area contributed by atoms with Crippen LogP contribution in [0.4, 0.5) is 4.39 Å². The zero-order valence-electron chi connectivity index (χ0n) is 11.9. The van der Waals surface area contributed by atoms with E-state index in [1.165, 1.54) is 6.07 Å². The summed E-state index contributed by atoms with van der Waals surface area (Å²) in [7, 11) is 2.07. The van der Waals surface area contributed by atoms with E-state index in [0.29, 0.717) is 12.1 Å². The monoisotopic (exact) mass is 276 g/mol. The van der Waals surface area contributed by atoms with Crippen molar-refractivity contribution < 1.29 is 9.18 Å². The third-order valence-electron chi connectivity index (χ3n) is 4.69. The first kappa shape index (κ1) is 13.6. The Bertz CT molecular complexity index is 515. The van der Waals surface area contributed by atoms with Gasteiger partial charge in [-0.3, -0.25) is 4.79 Å². The minimum Gasteiger partial charge on any atom is -0.338 e. The number of halogens is 1. The minimum atomic E-state index is -0.219. The topological polar surface area (TPSA) is 23.6 Å². The van der Waals surface area contributed by atoms with Gasteiger partial charge in [-0.05, 0) is 38.9 Å². The highest BCUT2D eigenvalue weighted by Crippen LogP contribution is 2.39. The Balaban J connectivity index is 1.77. The molecule has 1 unspecified atom stereocenters. The summed E-state index contributed by atoms with van der Waals surface area (Å²) >= 11 is 0. The van der Waals surface area contributed by atoms with Crippen LogP contribution in [-0.4, -0.2) is 42.4 Å². The fraction of sp³-hybridized carbons (Fsp3) is 0.562. The van der Waals surface area contributed by atoms with Gasteiger partial charge in [0.05, 0.1) is 5.41 Å². The SMILES string of the molecule is CN1CCC2(CCCN(Cc3ccccc3F)C2=O)C1. The van der Waals surface area contributed by atoms with Crippen molar-refractivity contribution in [2.45, 2.75) is 25.8 Å². The van der Waals surface area contributed by atoms with E-state index in [1.807, 2.05) is 11.0 Å². The second-order valence-corrected chi connectivity index (χ2v) is 6.19. The van der Waals surface area contributed by atoms with Crippen molar-refractivity contribution >= 4 is 5.91 Å². The Hall–Kier alpha value is -1.42. The molecule has 0 radical (unpaired) electrons. The van der Waals surface area contributed by atoms with E-state index in [2.05, 4.69) is 11.9 Å². The molecule has 1 amide bonds. The summed E-state index contributed by atoms with van der Waals surface area (Å²) in [4.78, 5) is 16.9. The maximum atomic E-state index is 13.8. The first-order valence-electron chi connectivity index (χ1n) is 7.32. The molecule has 3 rings (SSSR count). The van der Waals surface area contributed by atoms with E-state index < -0.39 is 0 Å². The lowest BCUT2D eigenvalue weighted by Crippen LogP contribution is -2.49. The summed E-state index contributed by atoms with van der Waals surface area (Å²) in [6.07, 6.45) is 2.94. The van der Waals surface area contributed by atoms with Gasteiger partial charge in [-0.15, -0.1) is 0 Å². The van der Waals surface area contributed by atoms with Crippen LogP contribution in [0.1, 0.15) is 24.8 Å². The lowest BCUT2D eigenvalue weighted by atomic mass is 9.78. The number of hydrogen-bond donors (Lipinski definition) is 0. The molecule has 20 heavy (non-hydrogen) atoms. The average molecular weight is 276 g/mol. The van der Waals surface area contributed by atoms with Gasteiger partial charge in [0.1, 0.15) is 5.82 Å². The zero-order valence-corrected chi connectivity index (χ0v) is 11.9. The molecule has 2 heterocycles. The van der Waals surface area contributed by atoms with E-state index in [-0.39, 0.29) is 17.1 Å². The number of piperidine rings is 1. The second-order valence-electron chi connectivity index (χ2n) is 6.19. The second kappa shape index (κ2) is 5.17. The third kappa shape index (κ3) is 2.33. The highest BCUT2D eigenvalue weighted by Gasteiger charge is 2.47. The van der Waals surface area contributed by atoms with Gasteiger partial charge in [-0.25, -0.2) is 4.39 Å². The number of hydrogen-bond acceptors (Lipinski definition) is 2. The molecule has 3 nitrogen and oxygen atoms in total. The molecule has 1 spiro atoms. The smallest absolute Gasteiger partial charge is 0.230 e. The standard InChI is InChI=1S/C16H21FN2O/c1-18-10-8-16(12-18)7-4-9-19(15(16)20)11-13-5-2-3-6-14(13)17/h2-3,5-6H,4,7-12H2,1H3. The summed E-state index contributed by atoms with van der Waals surface area (Å²) in [5, 5.41) is 0. The molecule has 2 fully saturated rings. The molecule has 4 heteroatoms. The molecule has 0 N–H and O–H groups in total. The van der Waals surface area contributed by atoms with Crippen LogP contribution in [0, 0.1) is 11.2 Å². The molecule has 0 aliphatic carbocycles. The highest BCUT2D eigenvalue weighted by atomic mass is 19.1. The summed E-state index contributed by atoms with van der Waals surface area (Å²) < 4.78 is 13.8. The lowest BCUT2D eigenvalue weighted by Gasteiger charge is -2.39. The van der Waals surface area contributed by atoms with E-state index >= 15 is 0 Å². The van der Waals surface area contributed by atoms with Crippen LogP contribution in [-0.2, 0) is 11.3 Å². The van der Waals surface area contributed by atoms with E-state index in [4.69, 9.17) is 0 Å². The van der Waals surface area contributed by atoms with Gasteiger partial charge in [0.15, 0.2) is 0 Å². The summed E-state index contributed by atoms with van der Waals surface area (Å²) in [5.41, 5.74) is 0.405. The molecule has 0 bridgehead atoms. The van der Waals surface area contributed by atoms with Crippen LogP contribution in [0.3, 0.4) is 0 Å². The van der Waals surface area contributed by atoms with E-state index in [9.17, 15) is 9.18 Å².